The van der Waals surface area contributed by atoms with E-state index in [9.17, 15) is 0 Å². The highest BCUT2D eigenvalue weighted by molar-refractivity contribution is 4.85. The summed E-state index contributed by atoms with van der Waals surface area (Å²) in [5, 5.41) is 3.81. The second-order valence-corrected chi connectivity index (χ2v) is 5.64. The van der Waals surface area contributed by atoms with Crippen molar-refractivity contribution in [3.63, 3.8) is 0 Å². The summed E-state index contributed by atoms with van der Waals surface area (Å²) in [5.74, 6) is 1.01. The van der Waals surface area contributed by atoms with Gasteiger partial charge in [-0.3, -0.25) is 0 Å². The van der Waals surface area contributed by atoms with Crippen LogP contribution in [0.2, 0.25) is 0 Å². The van der Waals surface area contributed by atoms with E-state index < -0.39 is 0 Å². The molecule has 16 heavy (non-hydrogen) atoms. The summed E-state index contributed by atoms with van der Waals surface area (Å²) in [6, 6.07) is 1.38. The van der Waals surface area contributed by atoms with Crippen LogP contribution in [0.3, 0.4) is 0 Å². The van der Waals surface area contributed by atoms with Crippen LogP contribution >= 0.6 is 0 Å². The first-order valence-corrected chi connectivity index (χ1v) is 7.17. The Balaban J connectivity index is 1.68. The Hall–Kier alpha value is -0.0800. The van der Waals surface area contributed by atoms with E-state index in [1.165, 1.54) is 44.9 Å². The molecule has 1 aliphatic carbocycles. The van der Waals surface area contributed by atoms with Crippen molar-refractivity contribution in [1.82, 2.24) is 5.32 Å². The van der Waals surface area contributed by atoms with Crippen molar-refractivity contribution in [2.45, 2.75) is 77.0 Å². The number of hydrogen-bond donors (Lipinski definition) is 1. The second kappa shape index (κ2) is 6.02. The molecule has 0 amide bonds. The number of hydrogen-bond acceptors (Lipinski definition) is 2. The van der Waals surface area contributed by atoms with Crippen LogP contribution in [0.4, 0.5) is 0 Å². The third-order valence-electron chi connectivity index (χ3n) is 4.37. The fourth-order valence-corrected chi connectivity index (χ4v) is 3.28. The Morgan fingerprint density at radius 1 is 1.12 bits per heavy atom. The van der Waals surface area contributed by atoms with Gasteiger partial charge in [0.2, 0.25) is 0 Å². The van der Waals surface area contributed by atoms with Gasteiger partial charge in [0.15, 0.2) is 0 Å². The summed E-state index contributed by atoms with van der Waals surface area (Å²) in [6.45, 7) is 5.46. The number of ether oxygens (including phenoxy) is 1. The standard InChI is InChI=1S/C14H27NO/c1-3-4-12-5-7-13(8-6-12)15-14-9-10-16-11(14)2/h11-15H,3-10H2,1-2H3. The Labute approximate surface area is 100 Å². The molecule has 0 radical (unpaired) electrons. The second-order valence-electron chi connectivity index (χ2n) is 5.64. The van der Waals surface area contributed by atoms with Gasteiger partial charge in [-0.2, -0.15) is 0 Å². The van der Waals surface area contributed by atoms with Gasteiger partial charge < -0.3 is 10.1 Å². The molecule has 2 heteroatoms. The fourth-order valence-electron chi connectivity index (χ4n) is 3.28. The highest BCUT2D eigenvalue weighted by Crippen LogP contribution is 2.28. The van der Waals surface area contributed by atoms with E-state index in [1.807, 2.05) is 0 Å². The first-order chi connectivity index (χ1) is 7.79. The first-order valence-electron chi connectivity index (χ1n) is 7.17. The molecule has 94 valence electrons. The minimum atomic E-state index is 0.424. The Morgan fingerprint density at radius 2 is 1.88 bits per heavy atom. The largest absolute Gasteiger partial charge is 0.377 e. The maximum absolute atomic E-state index is 5.60. The maximum atomic E-state index is 5.60. The summed E-state index contributed by atoms with van der Waals surface area (Å²) < 4.78 is 5.60. The zero-order valence-corrected chi connectivity index (χ0v) is 10.9. The van der Waals surface area contributed by atoms with E-state index in [0.29, 0.717) is 12.1 Å². The minimum absolute atomic E-state index is 0.424. The zero-order valence-electron chi connectivity index (χ0n) is 10.9. The van der Waals surface area contributed by atoms with Crippen molar-refractivity contribution in [2.24, 2.45) is 5.92 Å². The summed E-state index contributed by atoms with van der Waals surface area (Å²) in [4.78, 5) is 0. The quantitative estimate of drug-likeness (QED) is 0.794. The average molecular weight is 225 g/mol. The molecule has 0 spiro atoms. The Bertz CT molecular complexity index is 199. The molecule has 0 aromatic carbocycles. The number of nitrogens with one attached hydrogen (secondary N) is 1. The van der Waals surface area contributed by atoms with Gasteiger partial charge in [0.05, 0.1) is 6.10 Å². The van der Waals surface area contributed by atoms with E-state index in [0.717, 1.165) is 18.6 Å². The Morgan fingerprint density at radius 3 is 2.44 bits per heavy atom. The van der Waals surface area contributed by atoms with Gasteiger partial charge in [0.25, 0.3) is 0 Å². The van der Waals surface area contributed by atoms with E-state index in [2.05, 4.69) is 19.2 Å². The predicted octanol–water partition coefficient (Wildman–Crippen LogP) is 3.11. The van der Waals surface area contributed by atoms with Gasteiger partial charge in [-0.1, -0.05) is 19.8 Å². The SMILES string of the molecule is CCCC1CCC(NC2CCOC2C)CC1. The molecule has 2 fully saturated rings. The maximum Gasteiger partial charge on any atom is 0.0700 e. The van der Waals surface area contributed by atoms with Gasteiger partial charge in [-0.15, -0.1) is 0 Å². The lowest BCUT2D eigenvalue weighted by atomic mass is 9.83. The third kappa shape index (κ3) is 3.21. The molecular weight excluding hydrogens is 198 g/mol. The topological polar surface area (TPSA) is 21.3 Å². The highest BCUT2D eigenvalue weighted by Gasteiger charge is 2.28. The first kappa shape index (κ1) is 12.4. The smallest absolute Gasteiger partial charge is 0.0700 e. The molecule has 0 aromatic rings. The molecular formula is C14H27NO. The Kier molecular flexibility index (Phi) is 4.66. The monoisotopic (exact) mass is 225 g/mol. The summed E-state index contributed by atoms with van der Waals surface area (Å²) in [6.07, 6.45) is 10.1. The lowest BCUT2D eigenvalue weighted by Crippen LogP contribution is -2.43. The minimum Gasteiger partial charge on any atom is -0.377 e. The molecule has 1 N–H and O–H groups in total. The molecule has 2 atom stereocenters. The molecule has 2 nitrogen and oxygen atoms in total. The number of rotatable bonds is 4. The van der Waals surface area contributed by atoms with Crippen LogP contribution in [0.15, 0.2) is 0 Å². The lowest BCUT2D eigenvalue weighted by molar-refractivity contribution is 0.108. The van der Waals surface area contributed by atoms with Crippen LogP contribution in [-0.4, -0.2) is 24.8 Å². The normalized spacial score (nSPS) is 40.1. The molecule has 1 saturated heterocycles. The molecule has 1 aliphatic heterocycles. The zero-order chi connectivity index (χ0) is 11.4. The van der Waals surface area contributed by atoms with E-state index >= 15 is 0 Å². The third-order valence-corrected chi connectivity index (χ3v) is 4.37. The fraction of sp³-hybridized carbons (Fsp3) is 1.00. The predicted molar refractivity (Wildman–Crippen MR) is 67.6 cm³/mol. The van der Waals surface area contributed by atoms with Crippen molar-refractivity contribution in [1.29, 1.82) is 0 Å². The van der Waals surface area contributed by atoms with Gasteiger partial charge in [0.1, 0.15) is 0 Å². The summed E-state index contributed by atoms with van der Waals surface area (Å²) in [5.41, 5.74) is 0. The van der Waals surface area contributed by atoms with Crippen LogP contribution in [-0.2, 0) is 4.74 Å². The molecule has 2 unspecified atom stereocenters. The van der Waals surface area contributed by atoms with Crippen LogP contribution in [0.1, 0.15) is 58.8 Å². The lowest BCUT2D eigenvalue weighted by Gasteiger charge is -2.31. The van der Waals surface area contributed by atoms with Gasteiger partial charge >= 0.3 is 0 Å². The van der Waals surface area contributed by atoms with Crippen LogP contribution < -0.4 is 5.32 Å². The van der Waals surface area contributed by atoms with Crippen molar-refractivity contribution in [2.75, 3.05) is 6.61 Å². The van der Waals surface area contributed by atoms with Crippen molar-refractivity contribution >= 4 is 0 Å². The summed E-state index contributed by atoms with van der Waals surface area (Å²) in [7, 11) is 0. The average Bonchev–Trinajstić information content (AvgIpc) is 2.68. The van der Waals surface area contributed by atoms with Gasteiger partial charge in [-0.05, 0) is 44.9 Å². The van der Waals surface area contributed by atoms with E-state index in [1.54, 1.807) is 0 Å². The molecule has 0 bridgehead atoms. The van der Waals surface area contributed by atoms with Crippen LogP contribution in [0.25, 0.3) is 0 Å². The van der Waals surface area contributed by atoms with Gasteiger partial charge in [-0.25, -0.2) is 0 Å². The summed E-state index contributed by atoms with van der Waals surface area (Å²) >= 11 is 0. The molecule has 1 heterocycles. The highest BCUT2D eigenvalue weighted by atomic mass is 16.5. The van der Waals surface area contributed by atoms with Crippen LogP contribution in [0.5, 0.6) is 0 Å². The molecule has 2 rings (SSSR count). The van der Waals surface area contributed by atoms with Crippen LogP contribution in [0, 0.1) is 5.92 Å². The van der Waals surface area contributed by atoms with Crippen molar-refractivity contribution in [3.8, 4) is 0 Å². The van der Waals surface area contributed by atoms with Gasteiger partial charge in [0, 0.05) is 18.7 Å². The van der Waals surface area contributed by atoms with E-state index in [-0.39, 0.29) is 0 Å². The molecule has 1 saturated carbocycles. The van der Waals surface area contributed by atoms with Crippen molar-refractivity contribution in [3.05, 3.63) is 0 Å². The molecule has 2 aliphatic rings. The van der Waals surface area contributed by atoms with Crippen molar-refractivity contribution < 1.29 is 4.74 Å². The van der Waals surface area contributed by atoms with E-state index in [4.69, 9.17) is 4.74 Å². The molecule has 0 aromatic heterocycles.